The minimum atomic E-state index is 0.00370. The summed E-state index contributed by atoms with van der Waals surface area (Å²) in [5, 5.41) is 8.65. The molecule has 0 saturated carbocycles. The van der Waals surface area contributed by atoms with Gasteiger partial charge in [0.05, 0.1) is 11.1 Å². The van der Waals surface area contributed by atoms with Gasteiger partial charge in [0.2, 0.25) is 0 Å². The van der Waals surface area contributed by atoms with E-state index >= 15 is 0 Å². The summed E-state index contributed by atoms with van der Waals surface area (Å²) in [5.41, 5.74) is 3.68. The van der Waals surface area contributed by atoms with Gasteiger partial charge in [0.25, 0.3) is 0 Å². The summed E-state index contributed by atoms with van der Waals surface area (Å²) in [6.45, 7) is 13.4. The maximum Gasteiger partial charge on any atom is 0.113 e. The molecule has 1 aromatic carbocycles. The molecule has 0 spiro atoms. The van der Waals surface area contributed by atoms with E-state index < -0.39 is 0 Å². The average Bonchev–Trinajstić information content (AvgIpc) is 2.82. The van der Waals surface area contributed by atoms with Gasteiger partial charge in [0.1, 0.15) is 5.52 Å². The molecular formula is C16H25N3. The summed E-state index contributed by atoms with van der Waals surface area (Å²) in [5.74, 6) is 0. The maximum absolute atomic E-state index is 4.35. The van der Waals surface area contributed by atoms with Crippen LogP contribution in [0.15, 0.2) is 18.2 Å². The minimum Gasteiger partial charge on any atom is -0.239 e. The molecule has 1 aromatic heterocycles. The van der Waals surface area contributed by atoms with Crippen molar-refractivity contribution in [2.45, 2.75) is 65.3 Å². The topological polar surface area (TPSA) is 30.7 Å². The quantitative estimate of drug-likeness (QED) is 0.821. The molecule has 0 amide bonds. The second-order valence-electron chi connectivity index (χ2n) is 6.61. The molecule has 0 atom stereocenters. The first-order valence-electron chi connectivity index (χ1n) is 7.18. The molecule has 3 nitrogen and oxygen atoms in total. The predicted octanol–water partition coefficient (Wildman–Crippen LogP) is 4.26. The SMILES string of the molecule is CCC(C)(C)c1ccc2nnn(C(C)(C)CC)c2c1. The van der Waals surface area contributed by atoms with E-state index in [0.29, 0.717) is 0 Å². The van der Waals surface area contributed by atoms with Crippen LogP contribution in [0.25, 0.3) is 11.0 Å². The normalized spacial score (nSPS) is 13.2. The molecule has 0 radical (unpaired) electrons. The number of aromatic nitrogens is 3. The number of nitrogens with zero attached hydrogens (tertiary/aromatic N) is 3. The molecule has 0 unspecified atom stereocenters. The highest BCUT2D eigenvalue weighted by molar-refractivity contribution is 5.75. The Morgan fingerprint density at radius 2 is 1.74 bits per heavy atom. The Bertz CT molecular complexity index is 579. The number of rotatable bonds is 4. The third-order valence-corrected chi connectivity index (χ3v) is 4.55. The van der Waals surface area contributed by atoms with Crippen molar-refractivity contribution >= 4 is 11.0 Å². The molecule has 0 aliphatic rings. The number of benzene rings is 1. The summed E-state index contributed by atoms with van der Waals surface area (Å²) in [6.07, 6.45) is 2.16. The van der Waals surface area contributed by atoms with E-state index in [1.54, 1.807) is 0 Å². The van der Waals surface area contributed by atoms with E-state index in [9.17, 15) is 0 Å². The fourth-order valence-corrected chi connectivity index (χ4v) is 2.14. The minimum absolute atomic E-state index is 0.00370. The average molecular weight is 259 g/mol. The molecule has 1 heterocycles. The highest BCUT2D eigenvalue weighted by atomic mass is 15.4. The number of hydrogen-bond donors (Lipinski definition) is 0. The van der Waals surface area contributed by atoms with Gasteiger partial charge in [-0.05, 0) is 49.8 Å². The fourth-order valence-electron chi connectivity index (χ4n) is 2.14. The molecule has 0 bridgehead atoms. The van der Waals surface area contributed by atoms with Crippen LogP contribution in [0.1, 0.15) is 59.9 Å². The van der Waals surface area contributed by atoms with E-state index in [0.717, 1.165) is 23.9 Å². The van der Waals surface area contributed by atoms with Gasteiger partial charge in [-0.2, -0.15) is 0 Å². The van der Waals surface area contributed by atoms with Crippen LogP contribution in [-0.4, -0.2) is 15.0 Å². The van der Waals surface area contributed by atoms with Gasteiger partial charge >= 0.3 is 0 Å². The van der Waals surface area contributed by atoms with Crippen molar-refractivity contribution in [3.8, 4) is 0 Å². The third kappa shape index (κ3) is 2.38. The van der Waals surface area contributed by atoms with Gasteiger partial charge in [0.15, 0.2) is 0 Å². The maximum atomic E-state index is 4.35. The van der Waals surface area contributed by atoms with Crippen LogP contribution in [0.4, 0.5) is 0 Å². The molecule has 104 valence electrons. The first kappa shape index (κ1) is 14.0. The van der Waals surface area contributed by atoms with E-state index in [1.165, 1.54) is 5.56 Å². The second kappa shape index (κ2) is 4.62. The van der Waals surface area contributed by atoms with Crippen molar-refractivity contribution in [3.05, 3.63) is 23.8 Å². The lowest BCUT2D eigenvalue weighted by Gasteiger charge is -2.26. The van der Waals surface area contributed by atoms with Crippen molar-refractivity contribution in [2.24, 2.45) is 0 Å². The Morgan fingerprint density at radius 3 is 2.32 bits per heavy atom. The van der Waals surface area contributed by atoms with Crippen LogP contribution in [-0.2, 0) is 11.0 Å². The zero-order chi connectivity index (χ0) is 14.3. The summed E-state index contributed by atoms with van der Waals surface area (Å²) < 4.78 is 2.07. The van der Waals surface area contributed by atoms with Gasteiger partial charge in [-0.25, -0.2) is 4.68 Å². The molecule has 0 saturated heterocycles. The number of fused-ring (bicyclic) bond motifs is 1. The lowest BCUT2D eigenvalue weighted by atomic mass is 9.82. The molecule has 19 heavy (non-hydrogen) atoms. The standard InChI is InChI=1S/C16H25N3/c1-7-15(3,4)12-9-10-13-14(11-12)19(18-17-13)16(5,6)8-2/h9-11H,7-8H2,1-6H3. The molecule has 0 fully saturated rings. The monoisotopic (exact) mass is 259 g/mol. The van der Waals surface area contributed by atoms with Crippen LogP contribution >= 0.6 is 0 Å². The van der Waals surface area contributed by atoms with E-state index in [4.69, 9.17) is 0 Å². The van der Waals surface area contributed by atoms with Crippen molar-refractivity contribution in [3.63, 3.8) is 0 Å². The van der Waals surface area contributed by atoms with Crippen LogP contribution in [0.5, 0.6) is 0 Å². The van der Waals surface area contributed by atoms with Crippen molar-refractivity contribution in [1.29, 1.82) is 0 Å². The number of hydrogen-bond acceptors (Lipinski definition) is 2. The van der Waals surface area contributed by atoms with Crippen molar-refractivity contribution in [2.75, 3.05) is 0 Å². The molecule has 0 N–H and O–H groups in total. The first-order chi connectivity index (χ1) is 8.81. The Hall–Kier alpha value is -1.38. The summed E-state index contributed by atoms with van der Waals surface area (Å²) in [6, 6.07) is 6.54. The van der Waals surface area contributed by atoms with E-state index in [1.807, 2.05) is 0 Å². The van der Waals surface area contributed by atoms with Crippen molar-refractivity contribution < 1.29 is 0 Å². The summed E-state index contributed by atoms with van der Waals surface area (Å²) >= 11 is 0. The smallest absolute Gasteiger partial charge is 0.113 e. The third-order valence-electron chi connectivity index (χ3n) is 4.55. The summed E-state index contributed by atoms with van der Waals surface area (Å²) in [7, 11) is 0. The Kier molecular flexibility index (Phi) is 3.41. The zero-order valence-corrected chi connectivity index (χ0v) is 13.0. The summed E-state index contributed by atoms with van der Waals surface area (Å²) in [4.78, 5) is 0. The predicted molar refractivity (Wildman–Crippen MR) is 80.5 cm³/mol. The molecule has 2 aromatic rings. The van der Waals surface area contributed by atoms with Crippen LogP contribution in [0.2, 0.25) is 0 Å². The van der Waals surface area contributed by atoms with E-state index in [2.05, 4.69) is 74.7 Å². The fraction of sp³-hybridized carbons (Fsp3) is 0.625. The largest absolute Gasteiger partial charge is 0.239 e. The molecular weight excluding hydrogens is 234 g/mol. The van der Waals surface area contributed by atoms with Gasteiger partial charge < -0.3 is 0 Å². The molecule has 0 aliphatic carbocycles. The van der Waals surface area contributed by atoms with Gasteiger partial charge in [-0.3, -0.25) is 0 Å². The van der Waals surface area contributed by atoms with Gasteiger partial charge in [-0.15, -0.1) is 5.10 Å². The molecule has 3 heteroatoms. The lowest BCUT2D eigenvalue weighted by Crippen LogP contribution is -2.26. The van der Waals surface area contributed by atoms with Crippen molar-refractivity contribution in [1.82, 2.24) is 15.0 Å². The molecule has 2 rings (SSSR count). The van der Waals surface area contributed by atoms with E-state index in [-0.39, 0.29) is 11.0 Å². The van der Waals surface area contributed by atoms with Crippen LogP contribution in [0.3, 0.4) is 0 Å². The Labute approximate surface area is 116 Å². The van der Waals surface area contributed by atoms with Gasteiger partial charge in [-0.1, -0.05) is 39.0 Å². The Balaban J connectivity index is 2.61. The lowest BCUT2D eigenvalue weighted by molar-refractivity contribution is 0.311. The first-order valence-corrected chi connectivity index (χ1v) is 7.18. The zero-order valence-electron chi connectivity index (χ0n) is 13.0. The Morgan fingerprint density at radius 1 is 1.05 bits per heavy atom. The van der Waals surface area contributed by atoms with Crippen LogP contribution < -0.4 is 0 Å². The second-order valence-corrected chi connectivity index (χ2v) is 6.61. The van der Waals surface area contributed by atoms with Gasteiger partial charge in [0, 0.05) is 0 Å². The highest BCUT2D eigenvalue weighted by Crippen LogP contribution is 2.30. The van der Waals surface area contributed by atoms with Crippen LogP contribution in [0, 0.1) is 0 Å². The molecule has 0 aliphatic heterocycles. The highest BCUT2D eigenvalue weighted by Gasteiger charge is 2.24.